The van der Waals surface area contributed by atoms with Gasteiger partial charge in [0.25, 0.3) is 0 Å². The molecule has 0 aliphatic rings. The van der Waals surface area contributed by atoms with Gasteiger partial charge in [0.15, 0.2) is 0 Å². The molecule has 0 fully saturated rings. The Hall–Kier alpha value is -1.38. The van der Waals surface area contributed by atoms with Gasteiger partial charge in [-0.1, -0.05) is 24.3 Å². The van der Waals surface area contributed by atoms with E-state index in [1.54, 1.807) is 4.90 Å². The molecule has 0 aromatic heterocycles. The summed E-state index contributed by atoms with van der Waals surface area (Å²) in [5, 5.41) is 6.24. The van der Waals surface area contributed by atoms with E-state index in [1.165, 1.54) is 35.0 Å². The molecule has 120 valence electrons. The second-order valence-corrected chi connectivity index (χ2v) is 7.25. The fourth-order valence-electron chi connectivity index (χ4n) is 2.72. The van der Waals surface area contributed by atoms with E-state index in [9.17, 15) is 0 Å². The van der Waals surface area contributed by atoms with Crippen molar-refractivity contribution in [2.24, 2.45) is 0 Å². The Labute approximate surface area is 135 Å². The molecule has 22 heavy (non-hydrogen) atoms. The molecule has 2 heteroatoms. The minimum absolute atomic E-state index is 0.158. The third kappa shape index (κ3) is 4.82. The monoisotopic (exact) mass is 299 g/mol. The van der Waals surface area contributed by atoms with Gasteiger partial charge in [0.05, 0.1) is 13.1 Å². The lowest BCUT2D eigenvalue weighted by atomic mass is 10.0. The van der Waals surface area contributed by atoms with Crippen LogP contribution in [0.1, 0.15) is 45.7 Å². The summed E-state index contributed by atoms with van der Waals surface area (Å²) in [6.07, 6.45) is 0. The Balaban J connectivity index is 2.14. The zero-order valence-corrected chi connectivity index (χ0v) is 14.8. The van der Waals surface area contributed by atoms with Gasteiger partial charge in [-0.2, -0.15) is 0 Å². The first-order valence-electron chi connectivity index (χ1n) is 8.51. The summed E-state index contributed by atoms with van der Waals surface area (Å²) in [4.78, 5) is 1.63. The number of fused-ring (bicyclic) bond motifs is 1. The standard InChI is InChI=1S/C20H30N2/c1-6-22(7-2)15-17-9-11-18-12-16(8-10-19(18)13-17)14-21-20(3,4)5/h8-13,21H,6-7,14-15H2,1-5H3/p+1. The Morgan fingerprint density at radius 3 is 1.95 bits per heavy atom. The molecule has 0 unspecified atom stereocenters. The number of nitrogens with one attached hydrogen (secondary N) is 2. The third-order valence-electron chi connectivity index (χ3n) is 4.25. The van der Waals surface area contributed by atoms with E-state index in [-0.39, 0.29) is 5.54 Å². The quantitative estimate of drug-likeness (QED) is 0.837. The predicted octanol–water partition coefficient (Wildman–Crippen LogP) is 3.15. The first kappa shape index (κ1) is 17.0. The van der Waals surface area contributed by atoms with Crippen LogP contribution in [-0.2, 0) is 13.1 Å². The van der Waals surface area contributed by atoms with Crippen LogP contribution in [0.5, 0.6) is 0 Å². The van der Waals surface area contributed by atoms with E-state index in [1.807, 2.05) is 0 Å². The molecule has 0 saturated carbocycles. The number of quaternary nitrogens is 1. The molecule has 0 aliphatic heterocycles. The summed E-state index contributed by atoms with van der Waals surface area (Å²) in [5.41, 5.74) is 2.95. The maximum absolute atomic E-state index is 3.55. The van der Waals surface area contributed by atoms with E-state index in [2.05, 4.69) is 76.3 Å². The summed E-state index contributed by atoms with van der Waals surface area (Å²) >= 11 is 0. The van der Waals surface area contributed by atoms with Gasteiger partial charge in [-0.25, -0.2) is 0 Å². The Bertz CT molecular complexity index is 607. The van der Waals surface area contributed by atoms with Crippen LogP contribution in [0.3, 0.4) is 0 Å². The van der Waals surface area contributed by atoms with Crippen LogP contribution < -0.4 is 10.2 Å². The van der Waals surface area contributed by atoms with Gasteiger partial charge >= 0.3 is 0 Å². The molecule has 0 amide bonds. The third-order valence-corrected chi connectivity index (χ3v) is 4.25. The van der Waals surface area contributed by atoms with Crippen LogP contribution >= 0.6 is 0 Å². The molecule has 0 radical (unpaired) electrons. The second kappa shape index (κ2) is 7.26. The van der Waals surface area contributed by atoms with Crippen molar-refractivity contribution in [2.45, 2.75) is 53.2 Å². The fourth-order valence-corrected chi connectivity index (χ4v) is 2.72. The topological polar surface area (TPSA) is 16.5 Å². The molecule has 2 nitrogen and oxygen atoms in total. The average Bonchev–Trinajstić information content (AvgIpc) is 2.49. The van der Waals surface area contributed by atoms with E-state index >= 15 is 0 Å². The summed E-state index contributed by atoms with van der Waals surface area (Å²) < 4.78 is 0. The van der Waals surface area contributed by atoms with Crippen molar-refractivity contribution in [1.29, 1.82) is 0 Å². The summed E-state index contributed by atoms with van der Waals surface area (Å²) in [5.74, 6) is 0. The average molecular weight is 299 g/mol. The highest BCUT2D eigenvalue weighted by Crippen LogP contribution is 2.18. The highest BCUT2D eigenvalue weighted by Gasteiger charge is 2.09. The lowest BCUT2D eigenvalue weighted by Gasteiger charge is -2.20. The molecular weight excluding hydrogens is 268 g/mol. The van der Waals surface area contributed by atoms with Gasteiger partial charge in [0.2, 0.25) is 0 Å². The lowest BCUT2D eigenvalue weighted by Crippen LogP contribution is -3.10. The van der Waals surface area contributed by atoms with E-state index in [0.717, 1.165) is 13.1 Å². The molecule has 0 aliphatic carbocycles. The molecular formula is C20H31N2+. The highest BCUT2D eigenvalue weighted by atomic mass is 15.1. The van der Waals surface area contributed by atoms with Gasteiger partial charge < -0.3 is 10.2 Å². The zero-order valence-electron chi connectivity index (χ0n) is 14.8. The first-order valence-corrected chi connectivity index (χ1v) is 8.51. The molecule has 2 aromatic rings. The Morgan fingerprint density at radius 2 is 1.41 bits per heavy atom. The van der Waals surface area contributed by atoms with E-state index in [4.69, 9.17) is 0 Å². The fraction of sp³-hybridized carbons (Fsp3) is 0.500. The van der Waals surface area contributed by atoms with Gasteiger partial charge in [0, 0.05) is 17.6 Å². The van der Waals surface area contributed by atoms with E-state index < -0.39 is 0 Å². The van der Waals surface area contributed by atoms with Gasteiger partial charge in [0.1, 0.15) is 6.54 Å². The van der Waals surface area contributed by atoms with Crippen molar-refractivity contribution in [1.82, 2.24) is 5.32 Å². The number of rotatable bonds is 6. The van der Waals surface area contributed by atoms with Gasteiger partial charge in [-0.05, 0) is 63.1 Å². The smallest absolute Gasteiger partial charge is 0.103 e. The molecule has 0 heterocycles. The van der Waals surface area contributed by atoms with Crippen LogP contribution in [0.15, 0.2) is 36.4 Å². The molecule has 0 spiro atoms. The maximum Gasteiger partial charge on any atom is 0.103 e. The lowest BCUT2D eigenvalue weighted by molar-refractivity contribution is -0.910. The van der Waals surface area contributed by atoms with E-state index in [0.29, 0.717) is 0 Å². The molecule has 0 bridgehead atoms. The summed E-state index contributed by atoms with van der Waals surface area (Å²) in [6, 6.07) is 13.7. The van der Waals surface area contributed by atoms with Crippen LogP contribution in [-0.4, -0.2) is 18.6 Å². The second-order valence-electron chi connectivity index (χ2n) is 7.25. The number of hydrogen-bond donors (Lipinski definition) is 2. The van der Waals surface area contributed by atoms with Gasteiger partial charge in [-0.15, -0.1) is 0 Å². The van der Waals surface area contributed by atoms with Crippen LogP contribution in [0.4, 0.5) is 0 Å². The van der Waals surface area contributed by atoms with Crippen molar-refractivity contribution < 1.29 is 4.90 Å². The van der Waals surface area contributed by atoms with Gasteiger partial charge in [-0.3, -0.25) is 0 Å². The minimum atomic E-state index is 0.158. The normalized spacial score (nSPS) is 12.3. The largest absolute Gasteiger partial charge is 0.332 e. The summed E-state index contributed by atoms with van der Waals surface area (Å²) in [6.45, 7) is 15.5. The van der Waals surface area contributed by atoms with Crippen molar-refractivity contribution >= 4 is 10.8 Å². The first-order chi connectivity index (χ1) is 10.4. The number of hydrogen-bond acceptors (Lipinski definition) is 1. The van der Waals surface area contributed by atoms with Crippen molar-refractivity contribution in [2.75, 3.05) is 13.1 Å². The van der Waals surface area contributed by atoms with Crippen LogP contribution in [0, 0.1) is 0 Å². The zero-order chi connectivity index (χ0) is 16.2. The molecule has 0 saturated heterocycles. The molecule has 2 N–H and O–H groups in total. The predicted molar refractivity (Wildman–Crippen MR) is 96.3 cm³/mol. The van der Waals surface area contributed by atoms with Crippen molar-refractivity contribution in [3.8, 4) is 0 Å². The van der Waals surface area contributed by atoms with Crippen molar-refractivity contribution in [3.05, 3.63) is 47.5 Å². The molecule has 2 aromatic carbocycles. The Kier molecular flexibility index (Phi) is 5.60. The summed E-state index contributed by atoms with van der Waals surface area (Å²) in [7, 11) is 0. The molecule has 0 atom stereocenters. The molecule has 2 rings (SSSR count). The van der Waals surface area contributed by atoms with Crippen LogP contribution in [0.2, 0.25) is 0 Å². The SMILES string of the molecule is CC[NH+](CC)Cc1ccc2cc(CNC(C)(C)C)ccc2c1. The minimum Gasteiger partial charge on any atom is -0.332 e. The van der Waals surface area contributed by atoms with Crippen LogP contribution in [0.25, 0.3) is 10.8 Å². The van der Waals surface area contributed by atoms with Crippen molar-refractivity contribution in [3.63, 3.8) is 0 Å². The maximum atomic E-state index is 3.55. The number of benzene rings is 2. The Morgan fingerprint density at radius 1 is 0.864 bits per heavy atom. The highest BCUT2D eigenvalue weighted by molar-refractivity contribution is 5.83.